The number of carbonyl (C=O) groups excluding carboxylic acids is 2. The Hall–Kier alpha value is -2.82. The molecule has 0 radical (unpaired) electrons. The van der Waals surface area contributed by atoms with Crippen LogP contribution < -0.4 is 15.5 Å². The topological polar surface area (TPSA) is 61.4 Å². The molecule has 0 saturated heterocycles. The van der Waals surface area contributed by atoms with Gasteiger partial charge in [-0.15, -0.1) is 0 Å². The minimum atomic E-state index is -0.570. The Morgan fingerprint density at radius 2 is 1.62 bits per heavy atom. The van der Waals surface area contributed by atoms with Gasteiger partial charge < -0.3 is 15.5 Å². The zero-order chi connectivity index (χ0) is 18.8. The van der Waals surface area contributed by atoms with Crippen LogP contribution in [0.3, 0.4) is 0 Å². The number of benzene rings is 2. The Bertz CT molecular complexity index is 689. The molecule has 0 bridgehead atoms. The van der Waals surface area contributed by atoms with E-state index in [9.17, 15) is 9.59 Å². The maximum Gasteiger partial charge on any atom is 0.251 e. The van der Waals surface area contributed by atoms with Gasteiger partial charge in [-0.3, -0.25) is 9.59 Å². The Balaban J connectivity index is 1.71. The first kappa shape index (κ1) is 19.5. The summed E-state index contributed by atoms with van der Waals surface area (Å²) >= 11 is 0. The average Bonchev–Trinajstić information content (AvgIpc) is 2.69. The van der Waals surface area contributed by atoms with Crippen LogP contribution in [0.1, 0.15) is 30.6 Å². The molecule has 2 rings (SSSR count). The molecular formula is C21H27N3O2. The van der Waals surface area contributed by atoms with Gasteiger partial charge in [0.2, 0.25) is 5.91 Å². The fourth-order valence-corrected chi connectivity index (χ4v) is 2.68. The molecule has 0 spiro atoms. The SMILES string of the molecule is CCN(CCCNC(=O)[C@H](C)NC(=O)c1ccccc1)c1ccccc1. The van der Waals surface area contributed by atoms with Crippen molar-refractivity contribution in [2.24, 2.45) is 0 Å². The van der Waals surface area contributed by atoms with Crippen LogP contribution in [-0.2, 0) is 4.79 Å². The summed E-state index contributed by atoms with van der Waals surface area (Å²) in [6.07, 6.45) is 0.841. The van der Waals surface area contributed by atoms with Crippen LogP contribution in [0, 0.1) is 0 Å². The van der Waals surface area contributed by atoms with Crippen molar-refractivity contribution in [2.75, 3.05) is 24.5 Å². The van der Waals surface area contributed by atoms with Crippen LogP contribution in [0.4, 0.5) is 5.69 Å². The van der Waals surface area contributed by atoms with Gasteiger partial charge in [-0.25, -0.2) is 0 Å². The second-order valence-corrected chi connectivity index (χ2v) is 6.12. The van der Waals surface area contributed by atoms with Crippen LogP contribution in [0.25, 0.3) is 0 Å². The zero-order valence-corrected chi connectivity index (χ0v) is 15.4. The smallest absolute Gasteiger partial charge is 0.251 e. The third-order valence-electron chi connectivity index (χ3n) is 4.18. The van der Waals surface area contributed by atoms with E-state index in [1.54, 1.807) is 31.2 Å². The van der Waals surface area contributed by atoms with E-state index < -0.39 is 6.04 Å². The number of amides is 2. The lowest BCUT2D eigenvalue weighted by Crippen LogP contribution is -2.45. The van der Waals surface area contributed by atoms with E-state index in [0.717, 1.165) is 19.5 Å². The predicted octanol–water partition coefficient (Wildman–Crippen LogP) is 2.84. The van der Waals surface area contributed by atoms with E-state index in [4.69, 9.17) is 0 Å². The number of para-hydroxylation sites is 1. The normalized spacial score (nSPS) is 11.5. The molecule has 0 fully saturated rings. The maximum atomic E-state index is 12.2. The summed E-state index contributed by atoms with van der Waals surface area (Å²) in [7, 11) is 0. The minimum absolute atomic E-state index is 0.169. The van der Waals surface area contributed by atoms with Crippen LogP contribution in [-0.4, -0.2) is 37.5 Å². The number of anilines is 1. The molecule has 0 heterocycles. The highest BCUT2D eigenvalue weighted by molar-refractivity contribution is 5.97. The fourth-order valence-electron chi connectivity index (χ4n) is 2.68. The molecule has 2 aromatic rings. The molecular weight excluding hydrogens is 326 g/mol. The van der Waals surface area contributed by atoms with Gasteiger partial charge in [0.25, 0.3) is 5.91 Å². The number of hydrogen-bond donors (Lipinski definition) is 2. The fraction of sp³-hybridized carbons (Fsp3) is 0.333. The summed E-state index contributed by atoms with van der Waals surface area (Å²) in [6, 6.07) is 18.5. The second kappa shape index (κ2) is 10.2. The minimum Gasteiger partial charge on any atom is -0.372 e. The van der Waals surface area contributed by atoms with Gasteiger partial charge in [0, 0.05) is 30.9 Å². The number of carbonyl (C=O) groups is 2. The van der Waals surface area contributed by atoms with Crippen LogP contribution in [0.2, 0.25) is 0 Å². The van der Waals surface area contributed by atoms with E-state index in [1.807, 2.05) is 24.3 Å². The number of nitrogens with zero attached hydrogens (tertiary/aromatic N) is 1. The first-order chi connectivity index (χ1) is 12.6. The van der Waals surface area contributed by atoms with E-state index in [2.05, 4.69) is 34.6 Å². The molecule has 2 amide bonds. The molecule has 138 valence electrons. The first-order valence-corrected chi connectivity index (χ1v) is 9.05. The maximum absolute atomic E-state index is 12.2. The van der Waals surface area contributed by atoms with Crippen molar-refractivity contribution in [3.8, 4) is 0 Å². The Morgan fingerprint density at radius 1 is 1.00 bits per heavy atom. The average molecular weight is 353 g/mol. The van der Waals surface area contributed by atoms with Crippen molar-refractivity contribution >= 4 is 17.5 Å². The van der Waals surface area contributed by atoms with Gasteiger partial charge in [0.15, 0.2) is 0 Å². The summed E-state index contributed by atoms with van der Waals surface area (Å²) in [4.78, 5) is 26.5. The van der Waals surface area contributed by atoms with Gasteiger partial charge in [-0.1, -0.05) is 36.4 Å². The molecule has 2 N–H and O–H groups in total. The van der Waals surface area contributed by atoms with E-state index in [0.29, 0.717) is 12.1 Å². The highest BCUT2D eigenvalue weighted by atomic mass is 16.2. The van der Waals surface area contributed by atoms with Crippen molar-refractivity contribution in [3.05, 3.63) is 66.2 Å². The largest absolute Gasteiger partial charge is 0.372 e. The third kappa shape index (κ3) is 5.92. The molecule has 0 saturated carbocycles. The summed E-state index contributed by atoms with van der Waals surface area (Å²) < 4.78 is 0. The number of nitrogens with one attached hydrogen (secondary N) is 2. The van der Waals surface area contributed by atoms with Crippen LogP contribution >= 0.6 is 0 Å². The molecule has 2 aromatic carbocycles. The highest BCUT2D eigenvalue weighted by Gasteiger charge is 2.16. The number of rotatable bonds is 9. The molecule has 5 heteroatoms. The molecule has 0 aliphatic heterocycles. The molecule has 0 aromatic heterocycles. The lowest BCUT2D eigenvalue weighted by atomic mass is 10.2. The Labute approximate surface area is 155 Å². The molecule has 0 aliphatic rings. The van der Waals surface area contributed by atoms with Gasteiger partial charge in [-0.2, -0.15) is 0 Å². The van der Waals surface area contributed by atoms with Crippen LogP contribution in [0.15, 0.2) is 60.7 Å². The van der Waals surface area contributed by atoms with Gasteiger partial charge >= 0.3 is 0 Å². The van der Waals surface area contributed by atoms with Crippen molar-refractivity contribution in [1.82, 2.24) is 10.6 Å². The first-order valence-electron chi connectivity index (χ1n) is 9.05. The molecule has 26 heavy (non-hydrogen) atoms. The Morgan fingerprint density at radius 3 is 2.23 bits per heavy atom. The lowest BCUT2D eigenvalue weighted by molar-refractivity contribution is -0.122. The third-order valence-corrected chi connectivity index (χ3v) is 4.18. The summed E-state index contributed by atoms with van der Waals surface area (Å²) in [5, 5.41) is 5.61. The number of hydrogen-bond acceptors (Lipinski definition) is 3. The van der Waals surface area contributed by atoms with E-state index >= 15 is 0 Å². The van der Waals surface area contributed by atoms with Crippen molar-refractivity contribution < 1.29 is 9.59 Å². The molecule has 0 aliphatic carbocycles. The highest BCUT2D eigenvalue weighted by Crippen LogP contribution is 2.12. The standard InChI is InChI=1S/C21H27N3O2/c1-3-24(19-13-8-5-9-14-19)16-10-15-22-20(25)17(2)23-21(26)18-11-6-4-7-12-18/h4-9,11-14,17H,3,10,15-16H2,1-2H3,(H,22,25)(H,23,26)/t17-/m0/s1. The lowest BCUT2D eigenvalue weighted by Gasteiger charge is -2.23. The van der Waals surface area contributed by atoms with Crippen molar-refractivity contribution in [1.29, 1.82) is 0 Å². The summed E-state index contributed by atoms with van der Waals surface area (Å²) in [6.45, 7) is 6.17. The Kier molecular flexibility index (Phi) is 7.68. The summed E-state index contributed by atoms with van der Waals surface area (Å²) in [5.74, 6) is -0.411. The van der Waals surface area contributed by atoms with Gasteiger partial charge in [0.05, 0.1) is 0 Å². The van der Waals surface area contributed by atoms with E-state index in [-0.39, 0.29) is 11.8 Å². The molecule has 0 unspecified atom stereocenters. The van der Waals surface area contributed by atoms with Crippen molar-refractivity contribution in [2.45, 2.75) is 26.3 Å². The predicted molar refractivity (Wildman–Crippen MR) is 105 cm³/mol. The monoisotopic (exact) mass is 353 g/mol. The molecule has 1 atom stereocenters. The quantitative estimate of drug-likeness (QED) is 0.682. The van der Waals surface area contributed by atoms with E-state index in [1.165, 1.54) is 5.69 Å². The summed E-state index contributed by atoms with van der Waals surface area (Å²) in [5.41, 5.74) is 1.73. The van der Waals surface area contributed by atoms with Crippen LogP contribution in [0.5, 0.6) is 0 Å². The van der Waals surface area contributed by atoms with Crippen molar-refractivity contribution in [3.63, 3.8) is 0 Å². The van der Waals surface area contributed by atoms with Gasteiger partial charge in [-0.05, 0) is 44.5 Å². The van der Waals surface area contributed by atoms with Gasteiger partial charge in [0.1, 0.15) is 6.04 Å². The second-order valence-electron chi connectivity index (χ2n) is 6.12. The zero-order valence-electron chi connectivity index (χ0n) is 15.4. The molecule has 5 nitrogen and oxygen atoms in total.